The largest absolute Gasteiger partial charge is 0.398 e. The van der Waals surface area contributed by atoms with Gasteiger partial charge in [0.25, 0.3) is 0 Å². The highest BCUT2D eigenvalue weighted by Gasteiger charge is 2.20. The van der Waals surface area contributed by atoms with Crippen LogP contribution >= 0.6 is 11.6 Å². The second-order valence-corrected chi connectivity index (χ2v) is 7.31. The first-order chi connectivity index (χ1) is 9.63. The van der Waals surface area contributed by atoms with Gasteiger partial charge in [0.15, 0.2) is 0 Å². The molecule has 6 nitrogen and oxygen atoms in total. The van der Waals surface area contributed by atoms with Gasteiger partial charge in [-0.2, -0.15) is 0 Å². The summed E-state index contributed by atoms with van der Waals surface area (Å²) in [5.74, 6) is -0.0968. The molecule has 0 fully saturated rings. The Morgan fingerprint density at radius 2 is 2.00 bits per heavy atom. The Morgan fingerprint density at radius 3 is 2.57 bits per heavy atom. The summed E-state index contributed by atoms with van der Waals surface area (Å²) in [5, 5.41) is 2.85. The van der Waals surface area contributed by atoms with E-state index in [1.165, 1.54) is 12.1 Å². The minimum atomic E-state index is -3.84. The molecule has 0 saturated heterocycles. The maximum Gasteiger partial charge on any atom is 0.241 e. The molecule has 1 rings (SSSR count). The number of nitrogens with one attached hydrogen (secondary N) is 2. The number of nitrogens with two attached hydrogens (primary N) is 1. The number of hydrogen-bond donors (Lipinski definition) is 3. The van der Waals surface area contributed by atoms with E-state index in [0.717, 1.165) is 0 Å². The lowest BCUT2D eigenvalue weighted by molar-refractivity contribution is -0.120. The van der Waals surface area contributed by atoms with Crippen molar-refractivity contribution in [3.05, 3.63) is 22.7 Å². The zero-order valence-corrected chi connectivity index (χ0v) is 13.8. The third-order valence-corrected chi connectivity index (χ3v) is 4.53. The topological polar surface area (TPSA) is 101 Å². The lowest BCUT2D eigenvalue weighted by Gasteiger charge is -2.12. The fourth-order valence-electron chi connectivity index (χ4n) is 1.57. The summed E-state index contributed by atoms with van der Waals surface area (Å²) < 4.78 is 26.6. The molecular formula is C13H20ClN3O3S. The molecule has 0 aromatic heterocycles. The SMILES string of the molecule is Cc1c(N)cc(Cl)cc1S(=O)(=O)NCC(=O)NCC(C)C. The minimum Gasteiger partial charge on any atom is -0.398 e. The van der Waals surface area contributed by atoms with Gasteiger partial charge < -0.3 is 11.1 Å². The van der Waals surface area contributed by atoms with E-state index < -0.39 is 10.0 Å². The molecule has 0 bridgehead atoms. The van der Waals surface area contributed by atoms with Crippen LogP contribution in [-0.2, 0) is 14.8 Å². The molecule has 0 radical (unpaired) electrons. The molecule has 8 heteroatoms. The fourth-order valence-corrected chi connectivity index (χ4v) is 3.14. The van der Waals surface area contributed by atoms with Crippen molar-refractivity contribution in [1.29, 1.82) is 0 Å². The van der Waals surface area contributed by atoms with Crippen LogP contribution in [0.5, 0.6) is 0 Å². The van der Waals surface area contributed by atoms with Crippen molar-refractivity contribution in [2.45, 2.75) is 25.7 Å². The summed E-state index contributed by atoms with van der Waals surface area (Å²) in [5.41, 5.74) is 6.38. The van der Waals surface area contributed by atoms with E-state index in [1.807, 2.05) is 13.8 Å². The van der Waals surface area contributed by atoms with Gasteiger partial charge in [0.1, 0.15) is 0 Å². The molecule has 118 valence electrons. The van der Waals surface area contributed by atoms with Gasteiger partial charge in [0.2, 0.25) is 15.9 Å². The van der Waals surface area contributed by atoms with E-state index in [-0.39, 0.29) is 28.1 Å². The predicted octanol–water partition coefficient (Wildman–Crippen LogP) is 1.28. The Hall–Kier alpha value is -1.31. The number of sulfonamides is 1. The van der Waals surface area contributed by atoms with Gasteiger partial charge >= 0.3 is 0 Å². The number of amides is 1. The van der Waals surface area contributed by atoms with E-state index in [0.29, 0.717) is 18.0 Å². The Balaban J connectivity index is 2.81. The number of halogens is 1. The van der Waals surface area contributed by atoms with Crippen molar-refractivity contribution in [3.8, 4) is 0 Å². The van der Waals surface area contributed by atoms with E-state index >= 15 is 0 Å². The van der Waals surface area contributed by atoms with Gasteiger partial charge in [-0.15, -0.1) is 0 Å². The number of carbonyl (C=O) groups is 1. The van der Waals surface area contributed by atoms with E-state index in [1.54, 1.807) is 6.92 Å². The number of carbonyl (C=O) groups excluding carboxylic acids is 1. The fraction of sp³-hybridized carbons (Fsp3) is 0.462. The number of benzene rings is 1. The smallest absolute Gasteiger partial charge is 0.241 e. The highest BCUT2D eigenvalue weighted by atomic mass is 35.5. The molecule has 0 aliphatic rings. The average Bonchev–Trinajstić information content (AvgIpc) is 2.38. The Bertz CT molecular complexity index is 630. The van der Waals surface area contributed by atoms with Crippen molar-refractivity contribution in [2.24, 2.45) is 5.92 Å². The molecule has 1 aromatic carbocycles. The van der Waals surface area contributed by atoms with Crippen molar-refractivity contribution < 1.29 is 13.2 Å². The van der Waals surface area contributed by atoms with Crippen molar-refractivity contribution in [3.63, 3.8) is 0 Å². The standard InChI is InChI=1S/C13H20ClN3O3S/c1-8(2)6-16-13(18)7-17-21(19,20)12-5-10(14)4-11(15)9(12)3/h4-5,8,17H,6-7,15H2,1-3H3,(H,16,18). The molecule has 21 heavy (non-hydrogen) atoms. The van der Waals surface area contributed by atoms with E-state index in [2.05, 4.69) is 10.0 Å². The molecule has 0 atom stereocenters. The normalized spacial score (nSPS) is 11.7. The van der Waals surface area contributed by atoms with Crippen molar-refractivity contribution >= 4 is 33.2 Å². The van der Waals surface area contributed by atoms with Gasteiger partial charge in [0.05, 0.1) is 11.4 Å². The van der Waals surface area contributed by atoms with Crippen LogP contribution in [0.4, 0.5) is 5.69 Å². The van der Waals surface area contributed by atoms with Gasteiger partial charge in [-0.1, -0.05) is 25.4 Å². The van der Waals surface area contributed by atoms with Crippen LogP contribution in [0.1, 0.15) is 19.4 Å². The van der Waals surface area contributed by atoms with Gasteiger partial charge in [-0.05, 0) is 30.5 Å². The maximum absolute atomic E-state index is 12.2. The lowest BCUT2D eigenvalue weighted by Crippen LogP contribution is -2.38. The van der Waals surface area contributed by atoms with Gasteiger partial charge in [0, 0.05) is 17.3 Å². The first kappa shape index (κ1) is 17.7. The van der Waals surface area contributed by atoms with E-state index in [9.17, 15) is 13.2 Å². The van der Waals surface area contributed by atoms with Gasteiger partial charge in [-0.25, -0.2) is 13.1 Å². The van der Waals surface area contributed by atoms with Crippen molar-refractivity contribution in [2.75, 3.05) is 18.8 Å². The lowest BCUT2D eigenvalue weighted by atomic mass is 10.2. The monoisotopic (exact) mass is 333 g/mol. The zero-order valence-electron chi connectivity index (χ0n) is 12.2. The highest BCUT2D eigenvalue weighted by Crippen LogP contribution is 2.25. The summed E-state index contributed by atoms with van der Waals surface area (Å²) in [7, 11) is -3.84. The van der Waals surface area contributed by atoms with Crippen LogP contribution in [0, 0.1) is 12.8 Å². The second kappa shape index (κ2) is 7.11. The number of hydrogen-bond acceptors (Lipinski definition) is 4. The molecule has 0 heterocycles. The minimum absolute atomic E-state index is 0.0239. The van der Waals surface area contributed by atoms with Gasteiger partial charge in [-0.3, -0.25) is 4.79 Å². The summed E-state index contributed by atoms with van der Waals surface area (Å²) in [6, 6.07) is 2.78. The summed E-state index contributed by atoms with van der Waals surface area (Å²) in [4.78, 5) is 11.5. The summed E-state index contributed by atoms with van der Waals surface area (Å²) in [6.45, 7) is 5.63. The molecule has 1 aromatic rings. The molecule has 0 spiro atoms. The molecule has 4 N–H and O–H groups in total. The van der Waals surface area contributed by atoms with Crippen LogP contribution < -0.4 is 15.8 Å². The van der Waals surface area contributed by atoms with Crippen LogP contribution in [0.15, 0.2) is 17.0 Å². The predicted molar refractivity (Wildman–Crippen MR) is 83.6 cm³/mol. The number of anilines is 1. The van der Waals surface area contributed by atoms with Crippen LogP contribution in [0.3, 0.4) is 0 Å². The second-order valence-electron chi connectivity index (χ2n) is 5.14. The first-order valence-corrected chi connectivity index (χ1v) is 8.31. The van der Waals surface area contributed by atoms with Crippen LogP contribution in [0.25, 0.3) is 0 Å². The number of rotatable bonds is 6. The Morgan fingerprint density at radius 1 is 1.38 bits per heavy atom. The molecule has 0 unspecified atom stereocenters. The highest BCUT2D eigenvalue weighted by molar-refractivity contribution is 7.89. The molecular weight excluding hydrogens is 314 g/mol. The third-order valence-electron chi connectivity index (χ3n) is 2.78. The van der Waals surface area contributed by atoms with Crippen molar-refractivity contribution in [1.82, 2.24) is 10.0 Å². The molecule has 1 amide bonds. The third kappa shape index (κ3) is 5.18. The quantitative estimate of drug-likeness (QED) is 0.682. The van der Waals surface area contributed by atoms with E-state index in [4.69, 9.17) is 17.3 Å². The first-order valence-electron chi connectivity index (χ1n) is 6.45. The molecule has 0 aliphatic heterocycles. The zero-order chi connectivity index (χ0) is 16.2. The Labute approximate surface area is 130 Å². The van der Waals surface area contributed by atoms with Crippen LogP contribution in [0.2, 0.25) is 5.02 Å². The average molecular weight is 334 g/mol. The summed E-state index contributed by atoms with van der Waals surface area (Å²) in [6.07, 6.45) is 0. The van der Waals surface area contributed by atoms with Crippen LogP contribution in [-0.4, -0.2) is 27.4 Å². The molecule has 0 saturated carbocycles. The Kier molecular flexibility index (Phi) is 6.00. The number of nitrogen functional groups attached to an aromatic ring is 1. The summed E-state index contributed by atoms with van der Waals surface area (Å²) >= 11 is 5.82. The maximum atomic E-state index is 12.2. The molecule has 0 aliphatic carbocycles.